The number of carbonyl (C=O) groups excluding carboxylic acids is 3. The van der Waals surface area contributed by atoms with Crippen LogP contribution in [-0.4, -0.2) is 37.2 Å². The Hall–Kier alpha value is -3.93. The van der Waals surface area contributed by atoms with E-state index in [0.29, 0.717) is 19.3 Å². The summed E-state index contributed by atoms with van der Waals surface area (Å²) < 4.78 is 16.7. The Balaban J connectivity index is 4.54. The second-order valence-electron chi connectivity index (χ2n) is 16.3. The number of allylic oxidation sites excluding steroid dienone is 18. The van der Waals surface area contributed by atoms with Gasteiger partial charge in [0.05, 0.1) is 0 Å². The fraction of sp³-hybridized carbons (Fsp3) is 0.632. The Morgan fingerprint density at radius 3 is 1.03 bits per heavy atom. The molecule has 6 heteroatoms. The molecule has 0 aromatic carbocycles. The van der Waals surface area contributed by atoms with Gasteiger partial charge in [-0.05, 0) is 109 Å². The van der Waals surface area contributed by atoms with Crippen LogP contribution in [0, 0.1) is 0 Å². The molecule has 0 rings (SSSR count). The Bertz CT molecular complexity index is 1330. The van der Waals surface area contributed by atoms with Crippen LogP contribution in [0.2, 0.25) is 0 Å². The predicted octanol–water partition coefficient (Wildman–Crippen LogP) is 16.8. The van der Waals surface area contributed by atoms with Crippen molar-refractivity contribution in [3.8, 4) is 0 Å². The van der Waals surface area contributed by atoms with Gasteiger partial charge in [-0.2, -0.15) is 0 Å². The summed E-state index contributed by atoms with van der Waals surface area (Å²) in [6.45, 7) is 6.35. The summed E-state index contributed by atoms with van der Waals surface area (Å²) in [5, 5.41) is 0. The molecule has 0 amide bonds. The minimum atomic E-state index is -0.815. The predicted molar refractivity (Wildman–Crippen MR) is 270 cm³/mol. The molecule has 0 aromatic heterocycles. The molecule has 0 radical (unpaired) electrons. The van der Waals surface area contributed by atoms with Crippen LogP contribution in [0.5, 0.6) is 0 Å². The van der Waals surface area contributed by atoms with Crippen LogP contribution in [0.4, 0.5) is 0 Å². The molecule has 1 atom stereocenters. The monoisotopic (exact) mass is 873 g/mol. The highest BCUT2D eigenvalue weighted by Crippen LogP contribution is 2.12. The van der Waals surface area contributed by atoms with Crippen molar-refractivity contribution in [3.63, 3.8) is 0 Å². The first kappa shape index (κ1) is 59.1. The zero-order valence-electron chi connectivity index (χ0n) is 40.5. The molecule has 63 heavy (non-hydrogen) atoms. The molecule has 0 saturated heterocycles. The van der Waals surface area contributed by atoms with Crippen LogP contribution in [0.15, 0.2) is 109 Å². The molecule has 6 nitrogen and oxygen atoms in total. The van der Waals surface area contributed by atoms with Crippen molar-refractivity contribution >= 4 is 17.9 Å². The van der Waals surface area contributed by atoms with Crippen molar-refractivity contribution in [1.29, 1.82) is 0 Å². The quantitative estimate of drug-likeness (QED) is 0.0263. The summed E-state index contributed by atoms with van der Waals surface area (Å²) in [6, 6.07) is 0. The standard InChI is InChI=1S/C57H92O6/c1-4-7-10-13-16-19-22-25-28-29-30-33-35-38-41-44-47-50-56(59)62-53-54(63-57(60)51-48-45-42-39-36-32-27-24-21-18-15-12-9-6-3)52-61-55(58)49-46-43-40-37-34-31-26-23-20-17-14-11-8-5-2/h7,10,14-19,23-28,30,33,38,41,54H,4-6,8-9,11-13,20-22,29,31-32,34-37,39-40,42-53H2,1-3H3/b10-7-,17-14-,18-15-,19-16-,26-23-,27-24-,28-25-,33-30-,41-38-/t54-/m1/s1. The van der Waals surface area contributed by atoms with E-state index in [2.05, 4.69) is 130 Å². The maximum Gasteiger partial charge on any atom is 0.306 e. The van der Waals surface area contributed by atoms with E-state index < -0.39 is 6.10 Å². The Kier molecular flexibility index (Phi) is 47.5. The Morgan fingerprint density at radius 2 is 0.635 bits per heavy atom. The first-order valence-corrected chi connectivity index (χ1v) is 25.4. The largest absolute Gasteiger partial charge is 0.462 e. The fourth-order valence-electron chi connectivity index (χ4n) is 6.39. The van der Waals surface area contributed by atoms with Gasteiger partial charge in [0.2, 0.25) is 0 Å². The Labute approximate surface area is 387 Å². The van der Waals surface area contributed by atoms with Crippen molar-refractivity contribution in [2.24, 2.45) is 0 Å². The summed E-state index contributed by atoms with van der Waals surface area (Å²) in [5.41, 5.74) is 0. The van der Waals surface area contributed by atoms with Crippen molar-refractivity contribution in [3.05, 3.63) is 109 Å². The Morgan fingerprint density at radius 1 is 0.333 bits per heavy atom. The van der Waals surface area contributed by atoms with E-state index in [0.717, 1.165) is 128 Å². The van der Waals surface area contributed by atoms with Gasteiger partial charge in [-0.1, -0.05) is 194 Å². The minimum Gasteiger partial charge on any atom is -0.462 e. The molecule has 0 unspecified atom stereocenters. The van der Waals surface area contributed by atoms with Gasteiger partial charge in [0, 0.05) is 19.3 Å². The molecule has 0 aliphatic carbocycles. The number of esters is 3. The maximum atomic E-state index is 12.8. The molecule has 356 valence electrons. The van der Waals surface area contributed by atoms with Crippen LogP contribution >= 0.6 is 0 Å². The first-order chi connectivity index (χ1) is 31.0. The number of ether oxygens (including phenoxy) is 3. The van der Waals surface area contributed by atoms with Gasteiger partial charge in [0.25, 0.3) is 0 Å². The van der Waals surface area contributed by atoms with Crippen molar-refractivity contribution in [1.82, 2.24) is 0 Å². The molecular formula is C57H92O6. The summed E-state index contributed by atoms with van der Waals surface area (Å²) in [6.07, 6.45) is 67.8. The first-order valence-electron chi connectivity index (χ1n) is 25.4. The van der Waals surface area contributed by atoms with Gasteiger partial charge < -0.3 is 14.2 Å². The van der Waals surface area contributed by atoms with Crippen molar-refractivity contribution in [2.45, 2.75) is 219 Å². The van der Waals surface area contributed by atoms with Gasteiger partial charge in [-0.25, -0.2) is 0 Å². The van der Waals surface area contributed by atoms with Gasteiger partial charge in [-0.15, -0.1) is 0 Å². The highest BCUT2D eigenvalue weighted by molar-refractivity contribution is 5.71. The number of hydrogen-bond acceptors (Lipinski definition) is 6. The summed E-state index contributed by atoms with van der Waals surface area (Å²) >= 11 is 0. The van der Waals surface area contributed by atoms with Crippen LogP contribution in [-0.2, 0) is 28.6 Å². The van der Waals surface area contributed by atoms with E-state index in [-0.39, 0.29) is 37.5 Å². The zero-order valence-corrected chi connectivity index (χ0v) is 40.5. The van der Waals surface area contributed by atoms with Crippen LogP contribution in [0.25, 0.3) is 0 Å². The van der Waals surface area contributed by atoms with E-state index in [4.69, 9.17) is 14.2 Å². The van der Waals surface area contributed by atoms with E-state index in [1.165, 1.54) is 38.5 Å². The molecule has 0 bridgehead atoms. The topological polar surface area (TPSA) is 78.9 Å². The smallest absolute Gasteiger partial charge is 0.306 e. The van der Waals surface area contributed by atoms with Gasteiger partial charge in [-0.3, -0.25) is 14.4 Å². The second-order valence-corrected chi connectivity index (χ2v) is 16.3. The number of carbonyl (C=O) groups is 3. The lowest BCUT2D eigenvalue weighted by Gasteiger charge is -2.18. The lowest BCUT2D eigenvalue weighted by atomic mass is 10.1. The molecule has 0 aliphatic heterocycles. The zero-order chi connectivity index (χ0) is 45.8. The SMILES string of the molecule is CC/C=C\C/C=C\C/C=C\C/C=C\C/C=C\CCCC(=O)OC[C@@H](COC(=O)CCCCCCC/C=C\C/C=C\CCCC)OC(=O)CCCCCCC/C=C\C/C=C\CCCC. The minimum absolute atomic E-state index is 0.111. The number of unbranched alkanes of at least 4 members (excludes halogenated alkanes) is 15. The second kappa shape index (κ2) is 50.7. The van der Waals surface area contributed by atoms with Crippen LogP contribution in [0.3, 0.4) is 0 Å². The van der Waals surface area contributed by atoms with Gasteiger partial charge in [0.1, 0.15) is 13.2 Å². The number of hydrogen-bond donors (Lipinski definition) is 0. The molecular weight excluding hydrogens is 781 g/mol. The lowest BCUT2D eigenvalue weighted by Crippen LogP contribution is -2.30. The third-order valence-electron chi connectivity index (χ3n) is 10.2. The lowest BCUT2D eigenvalue weighted by molar-refractivity contribution is -0.167. The maximum absolute atomic E-state index is 12.8. The molecule has 0 saturated carbocycles. The molecule has 0 fully saturated rings. The van der Waals surface area contributed by atoms with Crippen LogP contribution < -0.4 is 0 Å². The molecule has 0 N–H and O–H groups in total. The summed E-state index contributed by atoms with van der Waals surface area (Å²) in [5.74, 6) is -1.01. The molecule has 0 aliphatic rings. The molecule has 0 heterocycles. The molecule has 0 aromatic rings. The van der Waals surface area contributed by atoms with E-state index in [1.807, 2.05) is 0 Å². The summed E-state index contributed by atoms with van der Waals surface area (Å²) in [4.78, 5) is 37.9. The highest BCUT2D eigenvalue weighted by Gasteiger charge is 2.19. The third kappa shape index (κ3) is 49.0. The van der Waals surface area contributed by atoms with Crippen LogP contribution in [0.1, 0.15) is 213 Å². The summed E-state index contributed by atoms with van der Waals surface area (Å²) in [7, 11) is 0. The molecule has 0 spiro atoms. The van der Waals surface area contributed by atoms with E-state index in [1.54, 1.807) is 0 Å². The highest BCUT2D eigenvalue weighted by atomic mass is 16.6. The van der Waals surface area contributed by atoms with Crippen molar-refractivity contribution in [2.75, 3.05) is 13.2 Å². The normalized spacial score (nSPS) is 13.0. The van der Waals surface area contributed by atoms with E-state index in [9.17, 15) is 14.4 Å². The van der Waals surface area contributed by atoms with Gasteiger partial charge >= 0.3 is 17.9 Å². The fourth-order valence-corrected chi connectivity index (χ4v) is 6.39. The third-order valence-corrected chi connectivity index (χ3v) is 10.2. The van der Waals surface area contributed by atoms with Gasteiger partial charge in [0.15, 0.2) is 6.10 Å². The average Bonchev–Trinajstić information content (AvgIpc) is 3.28. The van der Waals surface area contributed by atoms with Crippen molar-refractivity contribution < 1.29 is 28.6 Å². The number of rotatable bonds is 44. The average molecular weight is 873 g/mol. The van der Waals surface area contributed by atoms with E-state index >= 15 is 0 Å².